The second kappa shape index (κ2) is 6.66. The largest absolute Gasteiger partial charge is 0.380 e. The summed E-state index contributed by atoms with van der Waals surface area (Å²) in [7, 11) is 1.75. The summed E-state index contributed by atoms with van der Waals surface area (Å²) in [5.41, 5.74) is 8.83. The molecule has 0 aliphatic rings. The first kappa shape index (κ1) is 13.2. The van der Waals surface area contributed by atoms with Crippen molar-refractivity contribution < 1.29 is 4.74 Å². The Balaban J connectivity index is 2.62. The highest BCUT2D eigenvalue weighted by molar-refractivity contribution is 5.26. The second-order valence-electron chi connectivity index (χ2n) is 4.36. The van der Waals surface area contributed by atoms with Crippen LogP contribution in [0.4, 0.5) is 0 Å². The van der Waals surface area contributed by atoms with Crippen LogP contribution in [-0.4, -0.2) is 19.3 Å². The number of benzene rings is 1. The minimum absolute atomic E-state index is 0.0889. The third-order valence-electron chi connectivity index (χ3n) is 3.07. The quantitative estimate of drug-likeness (QED) is 0.801. The molecule has 1 aromatic carbocycles. The molecule has 2 atom stereocenters. The third-order valence-corrected chi connectivity index (χ3v) is 3.07. The van der Waals surface area contributed by atoms with Crippen molar-refractivity contribution >= 4 is 0 Å². The molecule has 0 heterocycles. The Bertz CT molecular complexity index is 311. The molecule has 0 spiro atoms. The van der Waals surface area contributed by atoms with Crippen LogP contribution in [0.15, 0.2) is 24.3 Å². The van der Waals surface area contributed by atoms with Gasteiger partial charge in [-0.3, -0.25) is 0 Å². The molecule has 2 unspecified atom stereocenters. The maximum Gasteiger partial charge on any atom is 0.0725 e. The summed E-state index contributed by atoms with van der Waals surface area (Å²) >= 11 is 0. The zero-order valence-corrected chi connectivity index (χ0v) is 10.6. The Labute approximate surface area is 98.8 Å². The van der Waals surface area contributed by atoms with Crippen LogP contribution in [-0.2, 0) is 11.2 Å². The van der Waals surface area contributed by atoms with Crippen LogP contribution in [0.5, 0.6) is 0 Å². The van der Waals surface area contributed by atoms with E-state index >= 15 is 0 Å². The molecule has 90 valence electrons. The van der Waals surface area contributed by atoms with Gasteiger partial charge in [-0.15, -0.1) is 0 Å². The smallest absolute Gasteiger partial charge is 0.0725 e. The van der Waals surface area contributed by atoms with E-state index in [0.29, 0.717) is 0 Å². The molecule has 1 rings (SSSR count). The molecule has 0 aliphatic heterocycles. The van der Waals surface area contributed by atoms with Crippen LogP contribution in [0.3, 0.4) is 0 Å². The van der Waals surface area contributed by atoms with Gasteiger partial charge in [-0.2, -0.15) is 0 Å². The minimum atomic E-state index is 0.0889. The summed E-state index contributed by atoms with van der Waals surface area (Å²) in [6, 6.07) is 8.49. The molecule has 2 heteroatoms. The minimum Gasteiger partial charge on any atom is -0.380 e. The predicted molar refractivity (Wildman–Crippen MR) is 68.6 cm³/mol. The Kier molecular flexibility index (Phi) is 5.50. The Hall–Kier alpha value is -0.860. The molecule has 0 aromatic heterocycles. The van der Waals surface area contributed by atoms with Crippen LogP contribution in [0.1, 0.15) is 30.9 Å². The summed E-state index contributed by atoms with van der Waals surface area (Å²) in [6.07, 6.45) is 3.21. The number of hydrogen-bond donors (Lipinski definition) is 1. The Morgan fingerprint density at radius 1 is 1.31 bits per heavy atom. The van der Waals surface area contributed by atoms with E-state index in [4.69, 9.17) is 10.5 Å². The van der Waals surface area contributed by atoms with Crippen molar-refractivity contribution in [3.05, 3.63) is 35.4 Å². The van der Waals surface area contributed by atoms with Gasteiger partial charge in [0.2, 0.25) is 0 Å². The molecule has 0 saturated carbocycles. The molecular formula is C14H23NO. The van der Waals surface area contributed by atoms with E-state index in [1.165, 1.54) is 11.1 Å². The summed E-state index contributed by atoms with van der Waals surface area (Å²) in [6.45, 7) is 4.29. The van der Waals surface area contributed by atoms with E-state index in [2.05, 4.69) is 38.1 Å². The van der Waals surface area contributed by atoms with Crippen molar-refractivity contribution in [3.63, 3.8) is 0 Å². The van der Waals surface area contributed by atoms with Gasteiger partial charge < -0.3 is 10.5 Å². The lowest BCUT2D eigenvalue weighted by Gasteiger charge is -2.22. The number of methoxy groups -OCH3 is 1. The van der Waals surface area contributed by atoms with Crippen molar-refractivity contribution in [3.8, 4) is 0 Å². The maximum atomic E-state index is 6.19. The second-order valence-corrected chi connectivity index (χ2v) is 4.36. The summed E-state index contributed by atoms with van der Waals surface area (Å²) in [5, 5.41) is 0. The maximum absolute atomic E-state index is 6.19. The van der Waals surface area contributed by atoms with E-state index < -0.39 is 0 Å². The van der Waals surface area contributed by atoms with E-state index in [1.807, 2.05) is 0 Å². The van der Waals surface area contributed by atoms with Crippen LogP contribution in [0.2, 0.25) is 0 Å². The zero-order valence-electron chi connectivity index (χ0n) is 10.6. The fraction of sp³-hybridized carbons (Fsp3) is 0.571. The highest BCUT2D eigenvalue weighted by Gasteiger charge is 2.17. The van der Waals surface area contributed by atoms with Crippen LogP contribution >= 0.6 is 0 Å². The van der Waals surface area contributed by atoms with Gasteiger partial charge in [0.25, 0.3) is 0 Å². The molecule has 16 heavy (non-hydrogen) atoms. The molecule has 0 radical (unpaired) electrons. The first-order chi connectivity index (χ1) is 7.69. The molecule has 2 N–H and O–H groups in total. The summed E-state index contributed by atoms with van der Waals surface area (Å²) < 4.78 is 5.44. The average Bonchev–Trinajstić information content (AvgIpc) is 2.29. The summed E-state index contributed by atoms with van der Waals surface area (Å²) in [4.78, 5) is 0. The standard InChI is InChI=1S/C14H23NO/c1-4-7-14(16-3)13(15)10-12-9-6-5-8-11(12)2/h5-6,8-9,13-14H,4,7,10,15H2,1-3H3. The van der Waals surface area contributed by atoms with Crippen molar-refractivity contribution in [2.24, 2.45) is 5.73 Å². The summed E-state index contributed by atoms with van der Waals surface area (Å²) in [5.74, 6) is 0. The van der Waals surface area contributed by atoms with Gasteiger partial charge in [0, 0.05) is 13.2 Å². The molecule has 1 aromatic rings. The van der Waals surface area contributed by atoms with Gasteiger partial charge in [0.1, 0.15) is 0 Å². The number of aryl methyl sites for hydroxylation is 1. The van der Waals surface area contributed by atoms with Gasteiger partial charge in [-0.25, -0.2) is 0 Å². The predicted octanol–water partition coefficient (Wildman–Crippen LogP) is 2.68. The first-order valence-electron chi connectivity index (χ1n) is 6.02. The highest BCUT2D eigenvalue weighted by Crippen LogP contribution is 2.13. The van der Waals surface area contributed by atoms with Crippen molar-refractivity contribution in [1.82, 2.24) is 0 Å². The van der Waals surface area contributed by atoms with Crippen LogP contribution < -0.4 is 5.73 Å². The van der Waals surface area contributed by atoms with Crippen LogP contribution in [0, 0.1) is 6.92 Å². The molecule has 0 fully saturated rings. The Morgan fingerprint density at radius 3 is 2.56 bits per heavy atom. The molecule has 0 aliphatic carbocycles. The van der Waals surface area contributed by atoms with Gasteiger partial charge in [0.05, 0.1) is 6.10 Å². The van der Waals surface area contributed by atoms with Crippen LogP contribution in [0.25, 0.3) is 0 Å². The first-order valence-corrected chi connectivity index (χ1v) is 6.02. The number of rotatable bonds is 6. The molecule has 0 bridgehead atoms. The molecule has 2 nitrogen and oxygen atoms in total. The Morgan fingerprint density at radius 2 is 2.00 bits per heavy atom. The zero-order chi connectivity index (χ0) is 12.0. The van der Waals surface area contributed by atoms with E-state index in [0.717, 1.165) is 19.3 Å². The average molecular weight is 221 g/mol. The lowest BCUT2D eigenvalue weighted by Crippen LogP contribution is -2.38. The molecule has 0 amide bonds. The molecule has 0 saturated heterocycles. The highest BCUT2D eigenvalue weighted by atomic mass is 16.5. The van der Waals surface area contributed by atoms with E-state index in [9.17, 15) is 0 Å². The fourth-order valence-electron chi connectivity index (χ4n) is 2.02. The van der Waals surface area contributed by atoms with E-state index in [-0.39, 0.29) is 12.1 Å². The third kappa shape index (κ3) is 3.62. The number of ether oxygens (including phenoxy) is 1. The van der Waals surface area contributed by atoms with Crippen molar-refractivity contribution in [2.45, 2.75) is 45.3 Å². The van der Waals surface area contributed by atoms with Crippen molar-refractivity contribution in [2.75, 3.05) is 7.11 Å². The SMILES string of the molecule is CCCC(OC)C(N)Cc1ccccc1C. The van der Waals surface area contributed by atoms with Gasteiger partial charge in [-0.1, -0.05) is 37.6 Å². The monoisotopic (exact) mass is 221 g/mol. The lowest BCUT2D eigenvalue weighted by atomic mass is 9.96. The van der Waals surface area contributed by atoms with Gasteiger partial charge in [0.15, 0.2) is 0 Å². The topological polar surface area (TPSA) is 35.2 Å². The lowest BCUT2D eigenvalue weighted by molar-refractivity contribution is 0.0726. The molecular weight excluding hydrogens is 198 g/mol. The number of hydrogen-bond acceptors (Lipinski definition) is 2. The van der Waals surface area contributed by atoms with E-state index in [1.54, 1.807) is 7.11 Å². The van der Waals surface area contributed by atoms with Gasteiger partial charge in [-0.05, 0) is 30.9 Å². The number of nitrogens with two attached hydrogens (primary N) is 1. The fourth-order valence-corrected chi connectivity index (χ4v) is 2.02. The van der Waals surface area contributed by atoms with Gasteiger partial charge >= 0.3 is 0 Å². The van der Waals surface area contributed by atoms with Crippen molar-refractivity contribution in [1.29, 1.82) is 0 Å². The normalized spacial score (nSPS) is 14.8.